The molecule has 0 bridgehead atoms. The molecule has 1 unspecified atom stereocenters. The monoisotopic (exact) mass is 298 g/mol. The summed E-state index contributed by atoms with van der Waals surface area (Å²) >= 11 is 0. The highest BCUT2D eigenvalue weighted by atomic mass is 19.4. The minimum absolute atomic E-state index is 0.0749. The summed E-state index contributed by atoms with van der Waals surface area (Å²) in [7, 11) is 2.92. The van der Waals surface area contributed by atoms with E-state index < -0.39 is 24.1 Å². The fraction of sp³-hybridized carbons (Fsp3) is 0.923. The number of carbonyl (C=O) groups is 1. The first-order chi connectivity index (χ1) is 9.14. The van der Waals surface area contributed by atoms with Crippen molar-refractivity contribution >= 4 is 5.97 Å². The van der Waals surface area contributed by atoms with E-state index in [2.05, 4.69) is 5.32 Å². The molecule has 1 N–H and O–H groups in total. The van der Waals surface area contributed by atoms with E-state index in [1.54, 1.807) is 18.9 Å². The maximum Gasteiger partial charge on any atom is 0.390 e. The van der Waals surface area contributed by atoms with E-state index >= 15 is 0 Å². The molecule has 0 saturated carbocycles. The lowest BCUT2D eigenvalue weighted by Gasteiger charge is -2.30. The fourth-order valence-corrected chi connectivity index (χ4v) is 1.73. The van der Waals surface area contributed by atoms with E-state index in [4.69, 9.17) is 4.74 Å². The van der Waals surface area contributed by atoms with E-state index in [1.165, 1.54) is 7.11 Å². The molecule has 0 aliphatic heterocycles. The molecule has 0 amide bonds. The van der Waals surface area contributed by atoms with Crippen LogP contribution in [0.2, 0.25) is 0 Å². The molecule has 7 heteroatoms. The minimum Gasteiger partial charge on any atom is -0.468 e. The fourth-order valence-electron chi connectivity index (χ4n) is 1.73. The number of nitrogens with one attached hydrogen (secondary N) is 1. The van der Waals surface area contributed by atoms with Crippen molar-refractivity contribution in [2.75, 3.05) is 33.8 Å². The van der Waals surface area contributed by atoms with Gasteiger partial charge in [0.2, 0.25) is 0 Å². The molecule has 0 aliphatic carbocycles. The molecule has 120 valence electrons. The number of carbonyl (C=O) groups excluding carboxylic acids is 1. The average molecular weight is 298 g/mol. The Balaban J connectivity index is 4.35. The average Bonchev–Trinajstić information content (AvgIpc) is 2.38. The molecule has 0 aromatic rings. The number of alkyl halides is 3. The van der Waals surface area contributed by atoms with Crippen molar-refractivity contribution in [3.63, 3.8) is 0 Å². The maximum atomic E-state index is 12.1. The summed E-state index contributed by atoms with van der Waals surface area (Å²) in [6.07, 6.45) is -3.74. The van der Waals surface area contributed by atoms with Gasteiger partial charge in [-0.1, -0.05) is 6.92 Å². The van der Waals surface area contributed by atoms with Crippen LogP contribution in [0.15, 0.2) is 0 Å². The van der Waals surface area contributed by atoms with Gasteiger partial charge >= 0.3 is 12.1 Å². The van der Waals surface area contributed by atoms with Crippen LogP contribution >= 0.6 is 0 Å². The second-order valence-electron chi connectivity index (χ2n) is 5.17. The van der Waals surface area contributed by atoms with E-state index in [0.717, 1.165) is 6.42 Å². The first kappa shape index (κ1) is 19.2. The molecule has 0 rings (SSSR count). The second kappa shape index (κ2) is 8.46. The number of methoxy groups -OCH3 is 1. The van der Waals surface area contributed by atoms with Gasteiger partial charge in [0.25, 0.3) is 0 Å². The van der Waals surface area contributed by atoms with E-state index in [9.17, 15) is 18.0 Å². The normalized spacial score (nSPS) is 15.2. The highest BCUT2D eigenvalue weighted by Crippen LogP contribution is 2.20. The van der Waals surface area contributed by atoms with Crippen LogP contribution in [0.3, 0.4) is 0 Å². The van der Waals surface area contributed by atoms with Gasteiger partial charge in [-0.3, -0.25) is 4.79 Å². The molecular formula is C13H25F3N2O2. The summed E-state index contributed by atoms with van der Waals surface area (Å²) in [5, 5.41) is 3.10. The highest BCUT2D eigenvalue weighted by molar-refractivity contribution is 5.80. The third-order valence-corrected chi connectivity index (χ3v) is 3.17. The van der Waals surface area contributed by atoms with E-state index in [1.807, 2.05) is 6.92 Å². The summed E-state index contributed by atoms with van der Waals surface area (Å²) in [6, 6.07) is 0. The van der Waals surface area contributed by atoms with Gasteiger partial charge in [-0.15, -0.1) is 0 Å². The third-order valence-electron chi connectivity index (χ3n) is 3.17. The minimum atomic E-state index is -4.15. The Kier molecular flexibility index (Phi) is 8.12. The van der Waals surface area contributed by atoms with Gasteiger partial charge in [0.05, 0.1) is 13.5 Å². The van der Waals surface area contributed by atoms with Crippen molar-refractivity contribution in [2.45, 2.75) is 44.8 Å². The Bertz CT molecular complexity index is 298. The molecule has 0 radical (unpaired) electrons. The molecule has 1 atom stereocenters. The van der Waals surface area contributed by atoms with Crippen molar-refractivity contribution in [3.05, 3.63) is 0 Å². The summed E-state index contributed by atoms with van der Waals surface area (Å²) in [5.74, 6) is -0.393. The molecule has 0 heterocycles. The Hall–Kier alpha value is -0.820. The number of ether oxygens (including phenoxy) is 1. The van der Waals surface area contributed by atoms with E-state index in [-0.39, 0.29) is 6.54 Å². The lowest BCUT2D eigenvalue weighted by atomic mass is 9.97. The lowest BCUT2D eigenvalue weighted by Crippen LogP contribution is -2.52. The van der Waals surface area contributed by atoms with Crippen molar-refractivity contribution in [3.8, 4) is 0 Å². The quantitative estimate of drug-likeness (QED) is 0.663. The second-order valence-corrected chi connectivity index (χ2v) is 5.17. The van der Waals surface area contributed by atoms with Gasteiger partial charge in [-0.25, -0.2) is 0 Å². The number of rotatable bonds is 9. The zero-order chi connectivity index (χ0) is 15.8. The third kappa shape index (κ3) is 7.69. The SMILES string of the molecule is CCCNC(C)(CCN(C)CCC(F)(F)F)C(=O)OC. The van der Waals surface area contributed by atoms with Gasteiger partial charge in [-0.2, -0.15) is 13.2 Å². The van der Waals surface area contributed by atoms with Gasteiger partial charge < -0.3 is 15.0 Å². The smallest absolute Gasteiger partial charge is 0.390 e. The maximum absolute atomic E-state index is 12.1. The zero-order valence-corrected chi connectivity index (χ0v) is 12.6. The van der Waals surface area contributed by atoms with Crippen molar-refractivity contribution < 1.29 is 22.7 Å². The standard InChI is InChI=1S/C13H25F3N2O2/c1-5-8-17-12(2,11(19)20-4)6-9-18(3)10-7-13(14,15)16/h17H,5-10H2,1-4H3. The lowest BCUT2D eigenvalue weighted by molar-refractivity contribution is -0.149. The van der Waals surface area contributed by atoms with Crippen LogP contribution in [0.4, 0.5) is 13.2 Å². The Morgan fingerprint density at radius 2 is 1.80 bits per heavy atom. The molecule has 0 aromatic carbocycles. The predicted octanol–water partition coefficient (Wildman–Crippen LogP) is 2.19. The molecule has 0 fully saturated rings. The van der Waals surface area contributed by atoms with Gasteiger partial charge in [-0.05, 0) is 33.4 Å². The van der Waals surface area contributed by atoms with Crippen molar-refractivity contribution in [2.24, 2.45) is 0 Å². The Morgan fingerprint density at radius 1 is 1.25 bits per heavy atom. The van der Waals surface area contributed by atoms with E-state index in [0.29, 0.717) is 19.5 Å². The van der Waals surface area contributed by atoms with Crippen LogP contribution in [0, 0.1) is 0 Å². The molecule has 20 heavy (non-hydrogen) atoms. The van der Waals surface area contributed by atoms with Crippen LogP contribution in [0.5, 0.6) is 0 Å². The van der Waals surface area contributed by atoms with Crippen molar-refractivity contribution in [1.82, 2.24) is 10.2 Å². The number of nitrogens with zero attached hydrogens (tertiary/aromatic N) is 1. The summed E-state index contributed by atoms with van der Waals surface area (Å²) in [5.41, 5.74) is -0.864. The molecule has 4 nitrogen and oxygen atoms in total. The summed E-state index contributed by atoms with van der Waals surface area (Å²) < 4.78 is 41.1. The van der Waals surface area contributed by atoms with Gasteiger partial charge in [0.15, 0.2) is 0 Å². The van der Waals surface area contributed by atoms with Gasteiger partial charge in [0, 0.05) is 13.1 Å². The summed E-state index contributed by atoms with van der Waals surface area (Å²) in [4.78, 5) is 13.4. The molecular weight excluding hydrogens is 273 g/mol. The first-order valence-corrected chi connectivity index (χ1v) is 6.73. The topological polar surface area (TPSA) is 41.6 Å². The van der Waals surface area contributed by atoms with Crippen LogP contribution in [0.1, 0.15) is 33.1 Å². The molecule has 0 spiro atoms. The number of hydrogen-bond acceptors (Lipinski definition) is 4. The van der Waals surface area contributed by atoms with Crippen LogP contribution in [0.25, 0.3) is 0 Å². The van der Waals surface area contributed by atoms with Crippen LogP contribution < -0.4 is 5.32 Å². The molecule has 0 aliphatic rings. The molecule has 0 aromatic heterocycles. The Labute approximate surface area is 118 Å². The Morgan fingerprint density at radius 3 is 2.25 bits per heavy atom. The van der Waals surface area contributed by atoms with Crippen molar-refractivity contribution in [1.29, 1.82) is 0 Å². The largest absolute Gasteiger partial charge is 0.468 e. The number of esters is 1. The zero-order valence-electron chi connectivity index (χ0n) is 12.6. The van der Waals surface area contributed by atoms with Crippen LogP contribution in [-0.2, 0) is 9.53 Å². The number of hydrogen-bond donors (Lipinski definition) is 1. The predicted molar refractivity (Wildman–Crippen MR) is 71.5 cm³/mol. The summed E-state index contributed by atoms with van der Waals surface area (Å²) in [6.45, 7) is 4.65. The highest BCUT2D eigenvalue weighted by Gasteiger charge is 2.34. The first-order valence-electron chi connectivity index (χ1n) is 6.73. The van der Waals surface area contributed by atoms with Gasteiger partial charge in [0.1, 0.15) is 5.54 Å². The number of halogens is 3. The van der Waals surface area contributed by atoms with Crippen LogP contribution in [-0.4, -0.2) is 56.4 Å². The molecule has 0 saturated heterocycles.